The van der Waals surface area contributed by atoms with Crippen LogP contribution in [0.5, 0.6) is 0 Å². The Hall–Kier alpha value is -0.890. The van der Waals surface area contributed by atoms with Crippen molar-refractivity contribution in [1.82, 2.24) is 15.0 Å². The van der Waals surface area contributed by atoms with Crippen LogP contribution in [-0.2, 0) is 21.3 Å². The molecule has 7 heteroatoms. The molecular weight excluding hydrogens is 290 g/mol. The van der Waals surface area contributed by atoms with Gasteiger partial charge in [0, 0.05) is 38.1 Å². The van der Waals surface area contributed by atoms with Crippen molar-refractivity contribution in [2.24, 2.45) is 0 Å². The molecule has 1 saturated carbocycles. The number of hydrogen-bond acceptors (Lipinski definition) is 4. The molecule has 0 aromatic carbocycles. The predicted octanol–water partition coefficient (Wildman–Crippen LogP) is 1.36. The standard InChI is InChI=1S/C14H25N3O3S/c1-11(2)15-8-12-7-13(9-16-12)21(18,19)17-10-14(20-3)5-4-6-14/h7,9,11,15-17H,4-6,8,10H2,1-3H3. The number of rotatable bonds is 8. The second-order valence-corrected chi connectivity index (χ2v) is 7.73. The van der Waals surface area contributed by atoms with Crippen LogP contribution in [0.25, 0.3) is 0 Å². The number of H-pyrrole nitrogens is 1. The van der Waals surface area contributed by atoms with E-state index in [1.807, 2.05) is 13.8 Å². The third-order valence-electron chi connectivity index (χ3n) is 4.01. The Labute approximate surface area is 126 Å². The van der Waals surface area contributed by atoms with Crippen LogP contribution in [0, 0.1) is 0 Å². The third-order valence-corrected chi connectivity index (χ3v) is 5.39. The average Bonchev–Trinajstić information content (AvgIpc) is 2.85. The Morgan fingerprint density at radius 1 is 1.43 bits per heavy atom. The van der Waals surface area contributed by atoms with Gasteiger partial charge in [-0.3, -0.25) is 0 Å². The molecule has 1 aliphatic rings. The summed E-state index contributed by atoms with van der Waals surface area (Å²) in [6.45, 7) is 5.04. The third kappa shape index (κ3) is 4.06. The lowest BCUT2D eigenvalue weighted by atomic mass is 9.80. The van der Waals surface area contributed by atoms with Crippen LogP contribution in [-0.4, -0.2) is 38.7 Å². The Morgan fingerprint density at radius 2 is 2.14 bits per heavy atom. The summed E-state index contributed by atoms with van der Waals surface area (Å²) in [5, 5.41) is 3.24. The molecular formula is C14H25N3O3S. The summed E-state index contributed by atoms with van der Waals surface area (Å²) in [5.41, 5.74) is 0.542. The summed E-state index contributed by atoms with van der Waals surface area (Å²) < 4.78 is 32.6. The van der Waals surface area contributed by atoms with Crippen LogP contribution in [0.1, 0.15) is 38.8 Å². The van der Waals surface area contributed by atoms with E-state index in [1.54, 1.807) is 13.2 Å². The summed E-state index contributed by atoms with van der Waals surface area (Å²) in [7, 11) is -1.85. The molecule has 6 nitrogen and oxygen atoms in total. The van der Waals surface area contributed by atoms with Gasteiger partial charge in [-0.25, -0.2) is 13.1 Å². The van der Waals surface area contributed by atoms with Gasteiger partial charge in [0.05, 0.1) is 10.5 Å². The second kappa shape index (κ2) is 6.48. The molecule has 0 unspecified atom stereocenters. The van der Waals surface area contributed by atoms with E-state index in [0.717, 1.165) is 25.0 Å². The maximum absolute atomic E-state index is 12.3. The van der Waals surface area contributed by atoms with Crippen molar-refractivity contribution in [2.45, 2.75) is 56.2 Å². The van der Waals surface area contributed by atoms with E-state index < -0.39 is 10.0 Å². The van der Waals surface area contributed by atoms with E-state index >= 15 is 0 Å². The van der Waals surface area contributed by atoms with Gasteiger partial charge in [-0.1, -0.05) is 13.8 Å². The zero-order valence-corrected chi connectivity index (χ0v) is 13.7. The van der Waals surface area contributed by atoms with E-state index in [9.17, 15) is 8.42 Å². The van der Waals surface area contributed by atoms with Gasteiger partial charge in [-0.05, 0) is 25.3 Å². The van der Waals surface area contributed by atoms with Gasteiger partial charge in [-0.15, -0.1) is 0 Å². The summed E-state index contributed by atoms with van der Waals surface area (Å²) in [6.07, 6.45) is 4.43. The van der Waals surface area contributed by atoms with E-state index in [-0.39, 0.29) is 10.5 Å². The van der Waals surface area contributed by atoms with Gasteiger partial charge >= 0.3 is 0 Å². The quantitative estimate of drug-likeness (QED) is 0.676. The molecule has 0 atom stereocenters. The first-order chi connectivity index (χ1) is 9.87. The highest BCUT2D eigenvalue weighted by Gasteiger charge is 2.38. The van der Waals surface area contributed by atoms with Crippen LogP contribution in [0.2, 0.25) is 0 Å². The smallest absolute Gasteiger partial charge is 0.242 e. The van der Waals surface area contributed by atoms with E-state index in [2.05, 4.69) is 15.0 Å². The Balaban J connectivity index is 1.96. The molecule has 0 radical (unpaired) electrons. The SMILES string of the molecule is COC1(CNS(=O)(=O)c2c[nH]c(CNC(C)C)c2)CCC1. The monoisotopic (exact) mass is 315 g/mol. The maximum atomic E-state index is 12.3. The molecule has 1 aromatic rings. The molecule has 1 heterocycles. The van der Waals surface area contributed by atoms with Crippen LogP contribution in [0.15, 0.2) is 17.2 Å². The fourth-order valence-corrected chi connectivity index (χ4v) is 3.46. The number of sulfonamides is 1. The van der Waals surface area contributed by atoms with Crippen LogP contribution < -0.4 is 10.0 Å². The normalized spacial score (nSPS) is 17.9. The van der Waals surface area contributed by atoms with Gasteiger partial charge in [-0.2, -0.15) is 0 Å². The van der Waals surface area contributed by atoms with Gasteiger partial charge < -0.3 is 15.0 Å². The molecule has 0 amide bonds. The van der Waals surface area contributed by atoms with Crippen LogP contribution in [0.3, 0.4) is 0 Å². The van der Waals surface area contributed by atoms with Crippen molar-refractivity contribution in [1.29, 1.82) is 0 Å². The molecule has 1 aliphatic carbocycles. The second-order valence-electron chi connectivity index (χ2n) is 5.96. The lowest BCUT2D eigenvalue weighted by Gasteiger charge is -2.40. The van der Waals surface area contributed by atoms with Crippen molar-refractivity contribution in [3.05, 3.63) is 18.0 Å². The minimum absolute atomic E-state index is 0.272. The van der Waals surface area contributed by atoms with Crippen molar-refractivity contribution >= 4 is 10.0 Å². The Bertz CT molecular complexity index is 556. The summed E-state index contributed by atoms with van der Waals surface area (Å²) >= 11 is 0. The van der Waals surface area contributed by atoms with Gasteiger partial charge in [0.25, 0.3) is 0 Å². The molecule has 3 N–H and O–H groups in total. The molecule has 0 bridgehead atoms. The van der Waals surface area contributed by atoms with Crippen molar-refractivity contribution in [3.8, 4) is 0 Å². The highest BCUT2D eigenvalue weighted by atomic mass is 32.2. The number of aromatic nitrogens is 1. The Kier molecular flexibility index (Phi) is 5.08. The van der Waals surface area contributed by atoms with Crippen molar-refractivity contribution < 1.29 is 13.2 Å². The highest BCUT2D eigenvalue weighted by Crippen LogP contribution is 2.34. The van der Waals surface area contributed by atoms with Gasteiger partial charge in [0.2, 0.25) is 10.0 Å². The first kappa shape index (κ1) is 16.5. The molecule has 120 valence electrons. The molecule has 1 fully saturated rings. The Morgan fingerprint density at radius 3 is 2.67 bits per heavy atom. The summed E-state index contributed by atoms with van der Waals surface area (Å²) in [5.74, 6) is 0. The number of hydrogen-bond donors (Lipinski definition) is 3. The highest BCUT2D eigenvalue weighted by molar-refractivity contribution is 7.89. The van der Waals surface area contributed by atoms with E-state index in [4.69, 9.17) is 4.74 Å². The van der Waals surface area contributed by atoms with E-state index in [0.29, 0.717) is 19.1 Å². The first-order valence-electron chi connectivity index (χ1n) is 7.32. The number of ether oxygens (including phenoxy) is 1. The molecule has 21 heavy (non-hydrogen) atoms. The minimum atomic E-state index is -3.49. The molecule has 0 aliphatic heterocycles. The summed E-state index contributed by atoms with van der Waals surface area (Å²) in [4.78, 5) is 3.27. The number of aromatic amines is 1. The van der Waals surface area contributed by atoms with E-state index in [1.165, 1.54) is 6.20 Å². The zero-order chi connectivity index (χ0) is 15.5. The lowest BCUT2D eigenvalue weighted by molar-refractivity contribution is -0.0659. The van der Waals surface area contributed by atoms with Gasteiger partial charge in [0.1, 0.15) is 0 Å². The fourth-order valence-electron chi connectivity index (χ4n) is 2.32. The number of methoxy groups -OCH3 is 1. The molecule has 0 spiro atoms. The van der Waals surface area contributed by atoms with Crippen molar-refractivity contribution in [2.75, 3.05) is 13.7 Å². The lowest BCUT2D eigenvalue weighted by Crippen LogP contribution is -2.49. The molecule has 2 rings (SSSR count). The van der Waals surface area contributed by atoms with Crippen LogP contribution >= 0.6 is 0 Å². The van der Waals surface area contributed by atoms with Crippen LogP contribution in [0.4, 0.5) is 0 Å². The minimum Gasteiger partial charge on any atom is -0.377 e. The topological polar surface area (TPSA) is 83.2 Å². The largest absolute Gasteiger partial charge is 0.377 e. The number of nitrogens with one attached hydrogen (secondary N) is 3. The fraction of sp³-hybridized carbons (Fsp3) is 0.714. The average molecular weight is 315 g/mol. The predicted molar refractivity (Wildman–Crippen MR) is 81.5 cm³/mol. The maximum Gasteiger partial charge on any atom is 0.242 e. The molecule has 0 saturated heterocycles. The first-order valence-corrected chi connectivity index (χ1v) is 8.81. The van der Waals surface area contributed by atoms with Gasteiger partial charge in [0.15, 0.2) is 0 Å². The molecule has 1 aromatic heterocycles. The van der Waals surface area contributed by atoms with Crippen molar-refractivity contribution in [3.63, 3.8) is 0 Å². The summed E-state index contributed by atoms with van der Waals surface area (Å²) in [6, 6.07) is 2.02. The zero-order valence-electron chi connectivity index (χ0n) is 12.9.